The number of nitrogens with one attached hydrogen (secondary N) is 1. The fourth-order valence-corrected chi connectivity index (χ4v) is 4.81. The number of likely N-dealkylation sites (N-methyl/N-ethyl adjacent to an activating group) is 1. The van der Waals surface area contributed by atoms with Crippen LogP contribution in [0.25, 0.3) is 11.1 Å². The summed E-state index contributed by atoms with van der Waals surface area (Å²) in [6.45, 7) is 3.90. The largest absolute Gasteiger partial charge is 0.497 e. The molecule has 0 bridgehead atoms. The van der Waals surface area contributed by atoms with Gasteiger partial charge in [0, 0.05) is 81.8 Å². The Morgan fingerprint density at radius 3 is 2.59 bits per heavy atom. The number of rotatable bonds is 14. The van der Waals surface area contributed by atoms with Gasteiger partial charge in [0.2, 0.25) is 0 Å². The van der Waals surface area contributed by atoms with Crippen molar-refractivity contribution in [1.82, 2.24) is 29.5 Å². The molecule has 1 saturated carbocycles. The molecule has 9 nitrogen and oxygen atoms in total. The highest BCUT2D eigenvalue weighted by Gasteiger charge is 2.24. The van der Waals surface area contributed by atoms with Crippen LogP contribution in [0.3, 0.4) is 0 Å². The van der Waals surface area contributed by atoms with Crippen LogP contribution >= 0.6 is 0 Å². The van der Waals surface area contributed by atoms with E-state index in [2.05, 4.69) is 40.0 Å². The number of nitrogens with zero attached hydrogens (tertiary/aromatic N) is 6. The monoisotopic (exact) mass is 529 g/mol. The maximum atomic E-state index is 12.4. The van der Waals surface area contributed by atoms with Crippen molar-refractivity contribution < 1.29 is 9.53 Å². The number of methoxy groups -OCH3 is 1. The molecule has 1 fully saturated rings. The summed E-state index contributed by atoms with van der Waals surface area (Å²) in [4.78, 5) is 23.1. The van der Waals surface area contributed by atoms with Gasteiger partial charge in [0.15, 0.2) is 0 Å². The van der Waals surface area contributed by atoms with E-state index < -0.39 is 0 Å². The van der Waals surface area contributed by atoms with Crippen LogP contribution < -0.4 is 4.74 Å². The number of aryl methyl sites for hydroxylation is 2. The summed E-state index contributed by atoms with van der Waals surface area (Å²) >= 11 is 0. The molecule has 0 amide bonds. The maximum absolute atomic E-state index is 12.4. The lowest BCUT2D eigenvalue weighted by molar-refractivity contribution is 0.112. The van der Waals surface area contributed by atoms with Crippen molar-refractivity contribution in [3.8, 4) is 16.9 Å². The van der Waals surface area contributed by atoms with Gasteiger partial charge in [0.25, 0.3) is 0 Å². The smallest absolute Gasteiger partial charge is 0.150 e. The van der Waals surface area contributed by atoms with Gasteiger partial charge < -0.3 is 19.4 Å². The van der Waals surface area contributed by atoms with Crippen LogP contribution in [0.4, 0.5) is 0 Å². The highest BCUT2D eigenvalue weighted by atomic mass is 16.5. The van der Waals surface area contributed by atoms with Crippen molar-refractivity contribution >= 4 is 12.6 Å². The van der Waals surface area contributed by atoms with Gasteiger partial charge in [-0.25, -0.2) is 0 Å². The summed E-state index contributed by atoms with van der Waals surface area (Å²) in [7, 11) is 7.69. The minimum Gasteiger partial charge on any atom is -0.497 e. The predicted octanol–water partition coefficient (Wildman–Crippen LogP) is 4.26. The molecule has 0 atom stereocenters. The van der Waals surface area contributed by atoms with E-state index in [-0.39, 0.29) is 0 Å². The molecular formula is C30H39N7O2. The Bertz CT molecular complexity index is 1330. The van der Waals surface area contributed by atoms with Crippen molar-refractivity contribution in [1.29, 1.82) is 5.41 Å². The lowest BCUT2D eigenvalue weighted by Crippen LogP contribution is -2.22. The van der Waals surface area contributed by atoms with Gasteiger partial charge in [0.1, 0.15) is 12.0 Å². The zero-order valence-corrected chi connectivity index (χ0v) is 23.6. The summed E-state index contributed by atoms with van der Waals surface area (Å²) < 4.78 is 7.14. The van der Waals surface area contributed by atoms with Gasteiger partial charge in [-0.05, 0) is 68.1 Å². The number of aldehydes is 1. The van der Waals surface area contributed by atoms with Gasteiger partial charge in [-0.3, -0.25) is 19.9 Å². The van der Waals surface area contributed by atoms with E-state index in [9.17, 15) is 4.79 Å². The van der Waals surface area contributed by atoms with Gasteiger partial charge in [-0.1, -0.05) is 0 Å². The van der Waals surface area contributed by atoms with Crippen LogP contribution in [-0.4, -0.2) is 75.9 Å². The number of hydrogen-bond acceptors (Lipinski definition) is 7. The highest BCUT2D eigenvalue weighted by Crippen LogP contribution is 2.31. The molecule has 0 unspecified atom stereocenters. The third-order valence-electron chi connectivity index (χ3n) is 7.12. The van der Waals surface area contributed by atoms with E-state index in [1.165, 1.54) is 19.2 Å². The van der Waals surface area contributed by atoms with Crippen molar-refractivity contribution in [3.63, 3.8) is 0 Å². The number of carbonyl (C=O) groups excluding carboxylic acids is 1. The fraction of sp³-hybridized carbons (Fsp3) is 0.400. The quantitative estimate of drug-likeness (QED) is 0.190. The van der Waals surface area contributed by atoms with E-state index >= 15 is 0 Å². The van der Waals surface area contributed by atoms with Gasteiger partial charge in [-0.15, -0.1) is 0 Å². The van der Waals surface area contributed by atoms with Crippen LogP contribution in [0.5, 0.6) is 5.75 Å². The second kappa shape index (κ2) is 12.7. The first-order chi connectivity index (χ1) is 18.8. The standard InChI is InChI=1S/C30H39N7O2/c1-22-30(19-36(4)33-22)29-15-23(17-37(21-31)13-12-35(3)26-6-7-26)14-24(20-38)28(29)9-11-34(2)18-25-16-27(39-5)8-10-32-25/h8,10,12-16,19-21,26,31H,6-7,9,11,17-18H2,1-5H3/b13-12-,31-21?. The zero-order valence-electron chi connectivity index (χ0n) is 23.6. The molecule has 9 heteroatoms. The number of benzene rings is 1. The number of aromatic nitrogens is 3. The van der Waals surface area contributed by atoms with Crippen LogP contribution in [0, 0.1) is 12.3 Å². The van der Waals surface area contributed by atoms with Crippen molar-refractivity contribution in [3.05, 3.63) is 77.1 Å². The predicted molar refractivity (Wildman–Crippen MR) is 154 cm³/mol. The van der Waals surface area contributed by atoms with Crippen LogP contribution in [-0.2, 0) is 26.6 Å². The van der Waals surface area contributed by atoms with E-state index in [0.717, 1.165) is 52.2 Å². The van der Waals surface area contributed by atoms with E-state index in [0.29, 0.717) is 31.1 Å². The third kappa shape index (κ3) is 7.32. The van der Waals surface area contributed by atoms with Crippen LogP contribution in [0.15, 0.2) is 49.1 Å². The summed E-state index contributed by atoms with van der Waals surface area (Å²) in [5.41, 5.74) is 6.51. The Hall–Kier alpha value is -3.98. The minimum absolute atomic E-state index is 0.493. The molecule has 0 aliphatic heterocycles. The first-order valence-electron chi connectivity index (χ1n) is 13.3. The molecule has 1 aromatic carbocycles. The fourth-order valence-electron chi connectivity index (χ4n) is 4.81. The molecule has 4 rings (SSSR count). The Morgan fingerprint density at radius 2 is 1.95 bits per heavy atom. The number of pyridine rings is 1. The summed E-state index contributed by atoms with van der Waals surface area (Å²) in [5.74, 6) is 0.787. The molecule has 1 aliphatic carbocycles. The minimum atomic E-state index is 0.493. The molecule has 0 spiro atoms. The number of ether oxygens (including phenoxy) is 1. The average Bonchev–Trinajstić information content (AvgIpc) is 3.73. The molecule has 3 aromatic rings. The summed E-state index contributed by atoms with van der Waals surface area (Å²) in [6, 6.07) is 8.48. The second-order valence-electron chi connectivity index (χ2n) is 10.3. The molecule has 0 radical (unpaired) electrons. The van der Waals surface area contributed by atoms with Crippen molar-refractivity contribution in [2.45, 2.75) is 45.3 Å². The molecule has 39 heavy (non-hydrogen) atoms. The molecule has 206 valence electrons. The van der Waals surface area contributed by atoms with E-state index in [1.54, 1.807) is 13.3 Å². The molecule has 1 aliphatic rings. The van der Waals surface area contributed by atoms with Gasteiger partial charge in [0.05, 0.1) is 24.8 Å². The molecular weight excluding hydrogens is 490 g/mol. The molecule has 0 saturated heterocycles. The van der Waals surface area contributed by atoms with Crippen molar-refractivity contribution in [2.75, 3.05) is 27.7 Å². The lowest BCUT2D eigenvalue weighted by Gasteiger charge is -2.21. The topological polar surface area (TPSA) is 90.6 Å². The SMILES string of the molecule is COc1ccnc(CN(C)CCc2c(C=O)cc(CN(C=N)/C=C\N(C)C3CC3)cc2-c2cn(C)nc2C)c1. The second-order valence-corrected chi connectivity index (χ2v) is 10.3. The Balaban J connectivity index is 1.59. The zero-order chi connectivity index (χ0) is 27.9. The first kappa shape index (κ1) is 28.0. The summed E-state index contributed by atoms with van der Waals surface area (Å²) in [5, 5.41) is 12.5. The van der Waals surface area contributed by atoms with Crippen LogP contribution in [0.1, 0.15) is 45.7 Å². The lowest BCUT2D eigenvalue weighted by atomic mass is 9.91. The summed E-state index contributed by atoms with van der Waals surface area (Å²) in [6.07, 6.45) is 13.1. The van der Waals surface area contributed by atoms with E-state index in [1.807, 2.05) is 60.3 Å². The Labute approximate surface area is 231 Å². The van der Waals surface area contributed by atoms with Gasteiger partial charge in [-0.2, -0.15) is 5.10 Å². The van der Waals surface area contributed by atoms with Gasteiger partial charge >= 0.3 is 0 Å². The molecule has 2 aromatic heterocycles. The normalized spacial score (nSPS) is 13.2. The maximum Gasteiger partial charge on any atom is 0.150 e. The number of carbonyl (C=O) groups is 1. The Morgan fingerprint density at radius 1 is 1.15 bits per heavy atom. The first-order valence-corrected chi connectivity index (χ1v) is 13.3. The Kier molecular flexibility index (Phi) is 9.14. The third-order valence-corrected chi connectivity index (χ3v) is 7.12. The van der Waals surface area contributed by atoms with Crippen LogP contribution in [0.2, 0.25) is 0 Å². The molecule has 1 N–H and O–H groups in total. The number of hydrogen-bond donors (Lipinski definition) is 1. The highest BCUT2D eigenvalue weighted by molar-refractivity contribution is 5.84. The molecule has 2 heterocycles. The van der Waals surface area contributed by atoms with Crippen molar-refractivity contribution in [2.24, 2.45) is 7.05 Å². The average molecular weight is 530 g/mol. The van der Waals surface area contributed by atoms with E-state index in [4.69, 9.17) is 10.1 Å².